The minimum Gasteiger partial charge on any atom is -0.277 e. The number of rotatable bonds is 9. The Morgan fingerprint density at radius 2 is 1.32 bits per heavy atom. The van der Waals surface area contributed by atoms with Crippen LogP contribution in [-0.2, 0) is 10.0 Å². The minimum absolute atomic E-state index is 0.0724. The Kier molecular flexibility index (Phi) is 7.96. The second kappa shape index (κ2) is 11.5. The molecule has 1 aliphatic rings. The van der Waals surface area contributed by atoms with Gasteiger partial charge in [-0.2, -0.15) is 4.31 Å². The topological polar surface area (TPSA) is 52.7 Å². The predicted molar refractivity (Wildman–Crippen MR) is 153 cm³/mol. The largest absolute Gasteiger partial charge is 0.277 e. The Labute approximate surface area is 224 Å². The average molecular weight is 530 g/mol. The van der Waals surface area contributed by atoms with Crippen molar-refractivity contribution in [2.24, 2.45) is 5.92 Å². The van der Waals surface area contributed by atoms with Crippen molar-refractivity contribution in [1.82, 2.24) is 9.73 Å². The van der Waals surface area contributed by atoms with Crippen molar-refractivity contribution in [3.05, 3.63) is 121 Å². The fourth-order valence-corrected chi connectivity index (χ4v) is 7.16. The molecule has 1 saturated heterocycles. The summed E-state index contributed by atoms with van der Waals surface area (Å²) in [6.45, 7) is 2.82. The molecule has 0 aliphatic carbocycles. The summed E-state index contributed by atoms with van der Waals surface area (Å²) in [7, 11) is -3.60. The standard InChI is InChI=1S/C30H31N3O2S2/c1-24-17-19-29(20-18-24)37(34,35)32-21-25(23-36-28-15-9-4-10-16-28)30(22-32)31-33(26-11-5-2-6-12-26)27-13-7-3-8-14-27/h2-20,25,30-31H,21-23H2,1H3/t25-,30+/m1/s1. The van der Waals surface area contributed by atoms with Gasteiger partial charge >= 0.3 is 0 Å². The van der Waals surface area contributed by atoms with Gasteiger partial charge in [0.25, 0.3) is 0 Å². The van der Waals surface area contributed by atoms with E-state index in [1.54, 1.807) is 28.2 Å². The molecule has 4 aromatic carbocycles. The van der Waals surface area contributed by atoms with E-state index in [0.717, 1.165) is 22.7 Å². The van der Waals surface area contributed by atoms with Crippen molar-refractivity contribution in [2.75, 3.05) is 23.9 Å². The first-order chi connectivity index (χ1) is 18.0. The van der Waals surface area contributed by atoms with E-state index < -0.39 is 10.0 Å². The summed E-state index contributed by atoms with van der Waals surface area (Å²) >= 11 is 1.77. The van der Waals surface area contributed by atoms with Crippen LogP contribution in [0.5, 0.6) is 0 Å². The summed E-state index contributed by atoms with van der Waals surface area (Å²) in [6, 6.07) is 37.6. The first-order valence-corrected chi connectivity index (χ1v) is 14.8. The van der Waals surface area contributed by atoms with Gasteiger partial charge < -0.3 is 0 Å². The number of hydrogen-bond acceptors (Lipinski definition) is 5. The highest BCUT2D eigenvalue weighted by molar-refractivity contribution is 7.99. The van der Waals surface area contributed by atoms with E-state index in [1.807, 2.05) is 73.7 Å². The molecule has 1 N–H and O–H groups in total. The number of para-hydroxylation sites is 2. The summed E-state index contributed by atoms with van der Waals surface area (Å²) in [6.07, 6.45) is 0. The molecule has 0 bridgehead atoms. The van der Waals surface area contributed by atoms with Crippen molar-refractivity contribution >= 4 is 33.2 Å². The molecule has 0 aromatic heterocycles. The average Bonchev–Trinajstić information content (AvgIpc) is 3.36. The lowest BCUT2D eigenvalue weighted by Gasteiger charge is -2.31. The first-order valence-electron chi connectivity index (χ1n) is 12.4. The maximum absolute atomic E-state index is 13.6. The Morgan fingerprint density at radius 1 is 0.784 bits per heavy atom. The highest BCUT2D eigenvalue weighted by Crippen LogP contribution is 2.32. The lowest BCUT2D eigenvalue weighted by atomic mass is 10.1. The molecule has 5 nitrogen and oxygen atoms in total. The minimum atomic E-state index is -3.60. The molecule has 190 valence electrons. The summed E-state index contributed by atoms with van der Waals surface area (Å²) < 4.78 is 28.9. The Bertz CT molecular complexity index is 1340. The van der Waals surface area contributed by atoms with E-state index in [9.17, 15) is 8.42 Å². The number of thioether (sulfide) groups is 1. The number of nitrogens with zero attached hydrogens (tertiary/aromatic N) is 2. The van der Waals surface area contributed by atoms with Crippen molar-refractivity contribution in [3.8, 4) is 0 Å². The number of aryl methyl sites for hydroxylation is 1. The Hall–Kier alpha value is -3.10. The smallest absolute Gasteiger partial charge is 0.243 e. The second-order valence-corrected chi connectivity index (χ2v) is 12.3. The van der Waals surface area contributed by atoms with E-state index in [2.05, 4.69) is 46.8 Å². The molecule has 0 saturated carbocycles. The fraction of sp³-hybridized carbons (Fsp3) is 0.200. The van der Waals surface area contributed by atoms with Crippen LogP contribution in [0.2, 0.25) is 0 Å². The van der Waals surface area contributed by atoms with Crippen LogP contribution in [0.4, 0.5) is 11.4 Å². The quantitative estimate of drug-likeness (QED) is 0.209. The number of nitrogens with one attached hydrogen (secondary N) is 1. The lowest BCUT2D eigenvalue weighted by molar-refractivity contribution is 0.456. The van der Waals surface area contributed by atoms with Crippen molar-refractivity contribution in [1.29, 1.82) is 0 Å². The van der Waals surface area contributed by atoms with Gasteiger partial charge in [0.2, 0.25) is 10.0 Å². The van der Waals surface area contributed by atoms with Crippen molar-refractivity contribution < 1.29 is 8.42 Å². The summed E-state index contributed by atoms with van der Waals surface area (Å²) in [4.78, 5) is 1.53. The molecular formula is C30H31N3O2S2. The molecule has 37 heavy (non-hydrogen) atoms. The molecule has 1 heterocycles. The van der Waals surface area contributed by atoms with Crippen molar-refractivity contribution in [2.45, 2.75) is 22.8 Å². The van der Waals surface area contributed by atoms with Gasteiger partial charge in [-0.1, -0.05) is 72.3 Å². The maximum atomic E-state index is 13.6. The Morgan fingerprint density at radius 3 is 1.89 bits per heavy atom. The van der Waals surface area contributed by atoms with Crippen LogP contribution in [0, 0.1) is 12.8 Å². The lowest BCUT2D eigenvalue weighted by Crippen LogP contribution is -2.47. The van der Waals surface area contributed by atoms with Gasteiger partial charge in [-0.15, -0.1) is 11.8 Å². The molecule has 2 atom stereocenters. The van der Waals surface area contributed by atoms with E-state index in [1.165, 1.54) is 4.90 Å². The van der Waals surface area contributed by atoms with Crippen LogP contribution >= 0.6 is 11.8 Å². The zero-order valence-electron chi connectivity index (χ0n) is 20.8. The molecule has 0 amide bonds. The number of anilines is 2. The highest BCUT2D eigenvalue weighted by atomic mass is 32.2. The van der Waals surface area contributed by atoms with Crippen LogP contribution < -0.4 is 10.4 Å². The van der Waals surface area contributed by atoms with Gasteiger partial charge in [-0.05, 0) is 55.5 Å². The summed E-state index contributed by atoms with van der Waals surface area (Å²) in [5.41, 5.74) is 6.76. The third kappa shape index (κ3) is 6.08. The molecule has 0 radical (unpaired) electrons. The molecule has 7 heteroatoms. The van der Waals surface area contributed by atoms with Gasteiger partial charge in [-0.25, -0.2) is 13.8 Å². The number of benzene rings is 4. The zero-order chi connectivity index (χ0) is 25.7. The maximum Gasteiger partial charge on any atom is 0.243 e. The third-order valence-electron chi connectivity index (χ3n) is 6.60. The van der Waals surface area contributed by atoms with Gasteiger partial charge in [-0.3, -0.25) is 5.01 Å². The molecule has 0 unspecified atom stereocenters. The van der Waals surface area contributed by atoms with Crippen LogP contribution in [0.25, 0.3) is 0 Å². The first kappa shape index (κ1) is 25.5. The fourth-order valence-electron chi connectivity index (χ4n) is 4.54. The van der Waals surface area contributed by atoms with E-state index in [-0.39, 0.29) is 12.0 Å². The van der Waals surface area contributed by atoms with Gasteiger partial charge in [0.1, 0.15) is 0 Å². The summed E-state index contributed by atoms with van der Waals surface area (Å²) in [5, 5.41) is 2.08. The SMILES string of the molecule is Cc1ccc(S(=O)(=O)N2C[C@H](CSc3ccccc3)[C@@H](NN(c3ccccc3)c3ccccc3)C2)cc1. The molecule has 1 fully saturated rings. The molecular weight excluding hydrogens is 498 g/mol. The second-order valence-electron chi connectivity index (χ2n) is 9.26. The molecule has 0 spiro atoms. The van der Waals surface area contributed by atoms with E-state index >= 15 is 0 Å². The zero-order valence-corrected chi connectivity index (χ0v) is 22.4. The van der Waals surface area contributed by atoms with Crippen molar-refractivity contribution in [3.63, 3.8) is 0 Å². The molecule has 1 aliphatic heterocycles. The Balaban J connectivity index is 1.43. The summed E-state index contributed by atoms with van der Waals surface area (Å²) in [5.74, 6) is 0.916. The van der Waals surface area contributed by atoms with Gasteiger partial charge in [0, 0.05) is 35.7 Å². The third-order valence-corrected chi connectivity index (χ3v) is 9.64. The molecule has 4 aromatic rings. The van der Waals surface area contributed by atoms with E-state index in [0.29, 0.717) is 18.0 Å². The van der Waals surface area contributed by atoms with Crippen LogP contribution in [-0.4, -0.2) is 37.6 Å². The van der Waals surface area contributed by atoms with Crippen LogP contribution in [0.1, 0.15) is 5.56 Å². The predicted octanol–water partition coefficient (Wildman–Crippen LogP) is 6.12. The highest BCUT2D eigenvalue weighted by Gasteiger charge is 2.40. The van der Waals surface area contributed by atoms with Crippen LogP contribution in [0.15, 0.2) is 125 Å². The van der Waals surface area contributed by atoms with Gasteiger partial charge in [0.05, 0.1) is 16.3 Å². The molecule has 5 rings (SSSR count). The number of hydrazine groups is 1. The normalized spacial score (nSPS) is 18.1. The number of sulfonamides is 1. The number of hydrogen-bond donors (Lipinski definition) is 1. The van der Waals surface area contributed by atoms with E-state index in [4.69, 9.17) is 0 Å². The van der Waals surface area contributed by atoms with Crippen LogP contribution in [0.3, 0.4) is 0 Å². The monoisotopic (exact) mass is 529 g/mol. The van der Waals surface area contributed by atoms with Gasteiger partial charge in [0.15, 0.2) is 0 Å².